The van der Waals surface area contributed by atoms with E-state index < -0.39 is 18.2 Å². The molecule has 1 aliphatic carbocycles. The lowest BCUT2D eigenvalue weighted by molar-refractivity contribution is -0.125. The van der Waals surface area contributed by atoms with E-state index in [1.54, 1.807) is 18.2 Å². The molecule has 28 heavy (non-hydrogen) atoms. The molecule has 3 unspecified atom stereocenters. The minimum Gasteiger partial charge on any atom is -0.493 e. The fourth-order valence-corrected chi connectivity index (χ4v) is 3.66. The van der Waals surface area contributed by atoms with Crippen molar-refractivity contribution in [1.82, 2.24) is 5.32 Å². The molecule has 1 amide bonds. The van der Waals surface area contributed by atoms with E-state index in [-0.39, 0.29) is 23.1 Å². The molecule has 0 aliphatic heterocycles. The van der Waals surface area contributed by atoms with E-state index in [1.807, 2.05) is 0 Å². The summed E-state index contributed by atoms with van der Waals surface area (Å²) in [5.74, 6) is 0.0475. The number of hydrogen-bond acceptors (Lipinski definition) is 6. The van der Waals surface area contributed by atoms with Gasteiger partial charge in [-0.25, -0.2) is 9.59 Å². The molecule has 1 aromatic heterocycles. The van der Waals surface area contributed by atoms with Crippen LogP contribution in [-0.2, 0) is 9.53 Å². The summed E-state index contributed by atoms with van der Waals surface area (Å²) in [5, 5.41) is 3.46. The maximum absolute atomic E-state index is 12.3. The van der Waals surface area contributed by atoms with Crippen molar-refractivity contribution in [3.05, 3.63) is 40.2 Å². The summed E-state index contributed by atoms with van der Waals surface area (Å²) in [7, 11) is 1.46. The average molecular weight is 387 g/mol. The molecule has 0 spiro atoms. The Morgan fingerprint density at radius 3 is 2.79 bits per heavy atom. The number of para-hydroxylation sites is 1. The number of methoxy groups -OCH3 is 1. The van der Waals surface area contributed by atoms with Gasteiger partial charge in [0.1, 0.15) is 5.56 Å². The van der Waals surface area contributed by atoms with Crippen molar-refractivity contribution in [3.8, 4) is 5.75 Å². The SMILES string of the molecule is COc1cccc2cc(C(=O)OCC(=O)NC3CCCC(C)C3C)c(=O)oc12. The standard InChI is InChI=1S/C21H25NO6/c1-12-6-4-8-16(13(12)2)22-18(23)11-27-20(24)15-10-14-7-5-9-17(26-3)19(14)28-21(15)25/h5,7,9-10,12-13,16H,4,6,8,11H2,1-3H3,(H,22,23). The highest BCUT2D eigenvalue weighted by atomic mass is 16.5. The highest BCUT2D eigenvalue weighted by molar-refractivity contribution is 5.95. The first-order valence-electron chi connectivity index (χ1n) is 9.48. The molecule has 1 heterocycles. The van der Waals surface area contributed by atoms with Crippen molar-refractivity contribution in [2.45, 2.75) is 39.2 Å². The van der Waals surface area contributed by atoms with E-state index in [9.17, 15) is 14.4 Å². The summed E-state index contributed by atoms with van der Waals surface area (Å²) in [5.41, 5.74) is -0.838. The number of carbonyl (C=O) groups excluding carboxylic acids is 2. The molecule has 1 fully saturated rings. The molecule has 150 valence electrons. The van der Waals surface area contributed by atoms with Gasteiger partial charge in [0.2, 0.25) is 0 Å². The average Bonchev–Trinajstić information content (AvgIpc) is 2.68. The number of esters is 1. The molecule has 3 rings (SSSR count). The Morgan fingerprint density at radius 1 is 1.25 bits per heavy atom. The van der Waals surface area contributed by atoms with Gasteiger partial charge in [0.25, 0.3) is 5.91 Å². The number of benzene rings is 1. The number of nitrogens with one attached hydrogen (secondary N) is 1. The molecule has 1 aliphatic rings. The van der Waals surface area contributed by atoms with Gasteiger partial charge in [-0.2, -0.15) is 0 Å². The summed E-state index contributed by atoms with van der Waals surface area (Å²) in [6, 6.07) is 6.52. The molecule has 0 bridgehead atoms. The second-order valence-electron chi connectivity index (χ2n) is 7.34. The fourth-order valence-electron chi connectivity index (χ4n) is 3.66. The maximum Gasteiger partial charge on any atom is 0.351 e. The van der Waals surface area contributed by atoms with Crippen LogP contribution in [0.2, 0.25) is 0 Å². The van der Waals surface area contributed by atoms with E-state index in [4.69, 9.17) is 13.9 Å². The largest absolute Gasteiger partial charge is 0.493 e. The van der Waals surface area contributed by atoms with Crippen molar-refractivity contribution in [2.75, 3.05) is 13.7 Å². The number of rotatable bonds is 5. The van der Waals surface area contributed by atoms with Crippen LogP contribution in [0.15, 0.2) is 33.5 Å². The monoisotopic (exact) mass is 387 g/mol. The Bertz CT molecular complexity index is 934. The zero-order valence-electron chi connectivity index (χ0n) is 16.3. The molecule has 7 nitrogen and oxygen atoms in total. The highest BCUT2D eigenvalue weighted by Crippen LogP contribution is 2.29. The molecule has 7 heteroatoms. The fraction of sp³-hybridized carbons (Fsp3) is 0.476. The Hall–Kier alpha value is -2.83. The predicted molar refractivity (Wildman–Crippen MR) is 103 cm³/mol. The summed E-state index contributed by atoms with van der Waals surface area (Å²) in [6.07, 6.45) is 3.14. The first kappa shape index (κ1) is 19.9. The van der Waals surface area contributed by atoms with Crippen LogP contribution in [0.25, 0.3) is 11.0 Å². The quantitative estimate of drug-likeness (QED) is 0.626. The third-order valence-corrected chi connectivity index (χ3v) is 5.55. The number of ether oxygens (including phenoxy) is 2. The predicted octanol–water partition coefficient (Wildman–Crippen LogP) is 2.90. The lowest BCUT2D eigenvalue weighted by Crippen LogP contribution is -2.45. The van der Waals surface area contributed by atoms with Crippen LogP contribution in [0.1, 0.15) is 43.5 Å². The van der Waals surface area contributed by atoms with Gasteiger partial charge < -0.3 is 19.2 Å². The van der Waals surface area contributed by atoms with Gasteiger partial charge in [-0.05, 0) is 30.4 Å². The van der Waals surface area contributed by atoms with Crippen molar-refractivity contribution >= 4 is 22.8 Å². The van der Waals surface area contributed by atoms with Crippen molar-refractivity contribution in [3.63, 3.8) is 0 Å². The topological polar surface area (TPSA) is 94.8 Å². The van der Waals surface area contributed by atoms with Crippen molar-refractivity contribution < 1.29 is 23.5 Å². The number of amides is 1. The third-order valence-electron chi connectivity index (χ3n) is 5.55. The number of carbonyl (C=O) groups is 2. The normalized spacial score (nSPS) is 21.9. The van der Waals surface area contributed by atoms with Crippen molar-refractivity contribution in [2.24, 2.45) is 11.8 Å². The molecular weight excluding hydrogens is 362 g/mol. The van der Waals surface area contributed by atoms with E-state index >= 15 is 0 Å². The second kappa shape index (κ2) is 8.46. The Morgan fingerprint density at radius 2 is 2.04 bits per heavy atom. The van der Waals surface area contributed by atoms with Crippen LogP contribution >= 0.6 is 0 Å². The minimum atomic E-state index is -0.890. The lowest BCUT2D eigenvalue weighted by atomic mass is 9.78. The van der Waals surface area contributed by atoms with Gasteiger partial charge in [0.15, 0.2) is 17.9 Å². The van der Waals surface area contributed by atoms with Crippen LogP contribution in [-0.4, -0.2) is 31.6 Å². The summed E-state index contributed by atoms with van der Waals surface area (Å²) < 4.78 is 15.4. The molecule has 1 N–H and O–H groups in total. The van der Waals surface area contributed by atoms with Crippen LogP contribution in [0.4, 0.5) is 0 Å². The van der Waals surface area contributed by atoms with Crippen LogP contribution in [0.5, 0.6) is 5.75 Å². The van der Waals surface area contributed by atoms with Gasteiger partial charge in [-0.1, -0.05) is 38.8 Å². The van der Waals surface area contributed by atoms with Crippen molar-refractivity contribution in [1.29, 1.82) is 0 Å². The van der Waals surface area contributed by atoms with Gasteiger partial charge in [-0.15, -0.1) is 0 Å². The molecule has 0 saturated heterocycles. The smallest absolute Gasteiger partial charge is 0.351 e. The van der Waals surface area contributed by atoms with Crippen LogP contribution in [0, 0.1) is 11.8 Å². The molecule has 0 radical (unpaired) electrons. The second-order valence-corrected chi connectivity index (χ2v) is 7.34. The van der Waals surface area contributed by atoms with E-state index in [0.29, 0.717) is 23.0 Å². The molecule has 1 aromatic carbocycles. The Balaban J connectivity index is 1.65. The van der Waals surface area contributed by atoms with Gasteiger partial charge in [0.05, 0.1) is 7.11 Å². The summed E-state index contributed by atoms with van der Waals surface area (Å²) >= 11 is 0. The van der Waals surface area contributed by atoms with Gasteiger partial charge >= 0.3 is 11.6 Å². The van der Waals surface area contributed by atoms with Crippen LogP contribution in [0.3, 0.4) is 0 Å². The van der Waals surface area contributed by atoms with Crippen LogP contribution < -0.4 is 15.7 Å². The molecule has 2 aromatic rings. The van der Waals surface area contributed by atoms with E-state index in [1.165, 1.54) is 13.2 Å². The zero-order valence-corrected chi connectivity index (χ0v) is 16.3. The lowest BCUT2D eigenvalue weighted by Gasteiger charge is -2.34. The Labute approximate surface area is 163 Å². The number of fused-ring (bicyclic) bond motifs is 1. The van der Waals surface area contributed by atoms with E-state index in [0.717, 1.165) is 19.3 Å². The minimum absolute atomic E-state index is 0.0770. The highest BCUT2D eigenvalue weighted by Gasteiger charge is 2.28. The molecule has 3 atom stereocenters. The zero-order chi connectivity index (χ0) is 20.3. The maximum atomic E-state index is 12.3. The van der Waals surface area contributed by atoms with E-state index in [2.05, 4.69) is 19.2 Å². The first-order chi connectivity index (χ1) is 13.4. The van der Waals surface area contributed by atoms with Gasteiger partial charge in [-0.3, -0.25) is 4.79 Å². The summed E-state index contributed by atoms with van der Waals surface area (Å²) in [6.45, 7) is 3.86. The first-order valence-corrected chi connectivity index (χ1v) is 9.48. The molecular formula is C21H25NO6. The molecule has 1 saturated carbocycles. The Kier molecular flexibility index (Phi) is 6.02. The third kappa shape index (κ3) is 4.18. The van der Waals surface area contributed by atoms with Gasteiger partial charge in [0, 0.05) is 11.4 Å². The number of hydrogen-bond donors (Lipinski definition) is 1. The summed E-state index contributed by atoms with van der Waals surface area (Å²) in [4.78, 5) is 36.6.